The van der Waals surface area contributed by atoms with Crippen LogP contribution in [0.25, 0.3) is 0 Å². The molecule has 0 spiro atoms. The van der Waals surface area contributed by atoms with E-state index in [0.29, 0.717) is 12.1 Å². The first-order chi connectivity index (χ1) is 8.25. The Kier molecular flexibility index (Phi) is 2.86. The summed E-state index contributed by atoms with van der Waals surface area (Å²) in [6.07, 6.45) is 6.58. The van der Waals surface area contributed by atoms with Gasteiger partial charge in [-0.05, 0) is 55.9 Å². The third kappa shape index (κ3) is 2.20. The van der Waals surface area contributed by atoms with E-state index in [9.17, 15) is 0 Å². The van der Waals surface area contributed by atoms with Crippen molar-refractivity contribution in [1.29, 1.82) is 0 Å². The summed E-state index contributed by atoms with van der Waals surface area (Å²) in [4.78, 5) is 0. The fraction of sp³-hybridized carbons (Fsp3) is 0.917. The quantitative estimate of drug-likeness (QED) is 0.846. The van der Waals surface area contributed by atoms with E-state index in [2.05, 4.69) is 34.7 Å². The largest absolute Gasteiger partial charge is 0.305 e. The number of nitrogens with one attached hydrogen (secondary N) is 1. The Morgan fingerprint density at radius 1 is 1.24 bits per heavy atom. The summed E-state index contributed by atoms with van der Waals surface area (Å²) in [6, 6.07) is 1.38. The molecule has 2 aliphatic rings. The van der Waals surface area contributed by atoms with E-state index in [-0.39, 0.29) is 6.04 Å². The van der Waals surface area contributed by atoms with Crippen molar-refractivity contribution >= 4 is 0 Å². The van der Waals surface area contributed by atoms with Gasteiger partial charge >= 0.3 is 0 Å². The topological polar surface area (TPSA) is 55.6 Å². The van der Waals surface area contributed by atoms with Gasteiger partial charge in [-0.25, -0.2) is 4.68 Å². The number of rotatable bonds is 5. The second-order valence-corrected chi connectivity index (χ2v) is 5.58. The van der Waals surface area contributed by atoms with E-state index in [1.165, 1.54) is 32.1 Å². The number of nitrogens with zero attached hydrogens (tertiary/aromatic N) is 4. The van der Waals surface area contributed by atoms with E-state index < -0.39 is 0 Å². The summed E-state index contributed by atoms with van der Waals surface area (Å²) in [6.45, 7) is 4.45. The Bertz CT molecular complexity index is 380. The highest BCUT2D eigenvalue weighted by Gasteiger charge is 2.31. The summed E-state index contributed by atoms with van der Waals surface area (Å²) in [5.41, 5.74) is 0. The number of hydrogen-bond acceptors (Lipinski definition) is 4. The molecule has 0 saturated heterocycles. The highest BCUT2D eigenvalue weighted by molar-refractivity contribution is 4.97. The molecule has 0 aromatic carbocycles. The smallest absolute Gasteiger partial charge is 0.168 e. The minimum atomic E-state index is 0.251. The van der Waals surface area contributed by atoms with Crippen molar-refractivity contribution in [1.82, 2.24) is 25.5 Å². The van der Waals surface area contributed by atoms with E-state index in [1.807, 2.05) is 4.68 Å². The molecule has 1 aromatic rings. The first-order valence-electron chi connectivity index (χ1n) is 6.79. The summed E-state index contributed by atoms with van der Waals surface area (Å²) >= 11 is 0. The molecular formula is C12H21N5. The van der Waals surface area contributed by atoms with Gasteiger partial charge in [-0.2, -0.15) is 0 Å². The van der Waals surface area contributed by atoms with Gasteiger partial charge in [-0.1, -0.05) is 6.42 Å². The van der Waals surface area contributed by atoms with Gasteiger partial charge in [-0.3, -0.25) is 0 Å². The highest BCUT2D eigenvalue weighted by atomic mass is 15.6. The van der Waals surface area contributed by atoms with Crippen molar-refractivity contribution < 1.29 is 0 Å². The maximum atomic E-state index is 4.17. The standard InChI is InChI=1S/C12H21N5/c1-8(10-4-3-5-10)13-9(2)12-14-15-16-17(12)11-6-7-11/h8-11,13H,3-7H2,1-2H3. The van der Waals surface area contributed by atoms with Crippen LogP contribution in [-0.4, -0.2) is 26.2 Å². The molecule has 5 nitrogen and oxygen atoms in total. The molecule has 3 rings (SSSR count). The zero-order chi connectivity index (χ0) is 11.8. The second kappa shape index (κ2) is 4.37. The van der Waals surface area contributed by atoms with Gasteiger partial charge in [0.1, 0.15) is 0 Å². The molecule has 2 saturated carbocycles. The van der Waals surface area contributed by atoms with Crippen LogP contribution in [0.15, 0.2) is 0 Å². The van der Waals surface area contributed by atoms with E-state index in [0.717, 1.165) is 11.7 Å². The monoisotopic (exact) mass is 235 g/mol. The van der Waals surface area contributed by atoms with E-state index in [4.69, 9.17) is 0 Å². The van der Waals surface area contributed by atoms with Crippen molar-refractivity contribution in [3.63, 3.8) is 0 Å². The first-order valence-corrected chi connectivity index (χ1v) is 6.79. The van der Waals surface area contributed by atoms with Crippen LogP contribution < -0.4 is 5.32 Å². The third-order valence-electron chi connectivity index (χ3n) is 4.17. The molecule has 94 valence electrons. The molecule has 2 unspecified atom stereocenters. The highest BCUT2D eigenvalue weighted by Crippen LogP contribution is 2.36. The maximum Gasteiger partial charge on any atom is 0.168 e. The van der Waals surface area contributed by atoms with Gasteiger partial charge in [0.25, 0.3) is 0 Å². The van der Waals surface area contributed by atoms with Crippen LogP contribution in [0.3, 0.4) is 0 Å². The Labute approximate surface area is 102 Å². The molecule has 2 atom stereocenters. The van der Waals surface area contributed by atoms with Crippen LogP contribution in [0.5, 0.6) is 0 Å². The van der Waals surface area contributed by atoms with Crippen LogP contribution in [0.4, 0.5) is 0 Å². The van der Waals surface area contributed by atoms with E-state index >= 15 is 0 Å². The fourth-order valence-corrected chi connectivity index (χ4v) is 2.61. The Hall–Kier alpha value is -0.970. The molecule has 1 N–H and O–H groups in total. The van der Waals surface area contributed by atoms with Crippen molar-refractivity contribution in [2.24, 2.45) is 5.92 Å². The number of aromatic nitrogens is 4. The SMILES string of the molecule is CC(NC(C)C1CCC1)c1nnnn1C1CC1. The number of tetrazole rings is 1. The molecule has 1 aromatic heterocycles. The third-order valence-corrected chi connectivity index (χ3v) is 4.17. The summed E-state index contributed by atoms with van der Waals surface area (Å²) in [7, 11) is 0. The van der Waals surface area contributed by atoms with Crippen LogP contribution in [0.1, 0.15) is 63.9 Å². The van der Waals surface area contributed by atoms with Gasteiger partial charge < -0.3 is 5.32 Å². The average molecular weight is 235 g/mol. The lowest BCUT2D eigenvalue weighted by atomic mass is 9.80. The molecule has 1 heterocycles. The van der Waals surface area contributed by atoms with Crippen LogP contribution >= 0.6 is 0 Å². The average Bonchev–Trinajstić information content (AvgIpc) is 2.93. The van der Waals surface area contributed by atoms with Crippen molar-refractivity contribution in [3.8, 4) is 0 Å². The summed E-state index contributed by atoms with van der Waals surface area (Å²) in [5, 5.41) is 15.7. The lowest BCUT2D eigenvalue weighted by Gasteiger charge is -2.33. The Morgan fingerprint density at radius 3 is 2.59 bits per heavy atom. The summed E-state index contributed by atoms with van der Waals surface area (Å²) in [5.74, 6) is 1.85. The minimum Gasteiger partial charge on any atom is -0.305 e. The molecule has 0 bridgehead atoms. The molecule has 0 aliphatic heterocycles. The van der Waals surface area contributed by atoms with Crippen LogP contribution in [-0.2, 0) is 0 Å². The van der Waals surface area contributed by atoms with Crippen molar-refractivity contribution in [3.05, 3.63) is 5.82 Å². The first kappa shape index (κ1) is 11.1. The minimum absolute atomic E-state index is 0.251. The molecule has 0 radical (unpaired) electrons. The Morgan fingerprint density at radius 2 is 2.00 bits per heavy atom. The summed E-state index contributed by atoms with van der Waals surface area (Å²) < 4.78 is 2.01. The Balaban J connectivity index is 1.63. The molecule has 5 heteroatoms. The lowest BCUT2D eigenvalue weighted by molar-refractivity contribution is 0.226. The molecule has 17 heavy (non-hydrogen) atoms. The van der Waals surface area contributed by atoms with Crippen molar-refractivity contribution in [2.45, 2.75) is 64.1 Å². The number of hydrogen-bond donors (Lipinski definition) is 1. The fourth-order valence-electron chi connectivity index (χ4n) is 2.61. The predicted molar refractivity (Wildman–Crippen MR) is 64.4 cm³/mol. The normalized spacial score (nSPS) is 24.4. The van der Waals surface area contributed by atoms with Gasteiger partial charge in [0.2, 0.25) is 0 Å². The predicted octanol–water partition coefficient (Wildman–Crippen LogP) is 1.85. The molecule has 2 fully saturated rings. The second-order valence-electron chi connectivity index (χ2n) is 5.58. The van der Waals surface area contributed by atoms with Crippen molar-refractivity contribution in [2.75, 3.05) is 0 Å². The molecule has 0 amide bonds. The van der Waals surface area contributed by atoms with Crippen LogP contribution in [0.2, 0.25) is 0 Å². The van der Waals surface area contributed by atoms with Gasteiger partial charge in [0, 0.05) is 6.04 Å². The van der Waals surface area contributed by atoms with E-state index in [1.54, 1.807) is 0 Å². The van der Waals surface area contributed by atoms with Crippen LogP contribution in [0, 0.1) is 5.92 Å². The van der Waals surface area contributed by atoms with Gasteiger partial charge in [0.05, 0.1) is 12.1 Å². The van der Waals surface area contributed by atoms with Gasteiger partial charge in [0.15, 0.2) is 5.82 Å². The molecular weight excluding hydrogens is 214 g/mol. The zero-order valence-electron chi connectivity index (χ0n) is 10.6. The maximum absolute atomic E-state index is 4.17. The van der Waals surface area contributed by atoms with Gasteiger partial charge in [-0.15, -0.1) is 5.10 Å². The lowest BCUT2D eigenvalue weighted by Crippen LogP contribution is -2.39. The zero-order valence-corrected chi connectivity index (χ0v) is 10.6. The molecule has 2 aliphatic carbocycles.